The van der Waals surface area contributed by atoms with Gasteiger partial charge in [-0.2, -0.15) is 0 Å². The minimum atomic E-state index is -1.01. The predicted molar refractivity (Wildman–Crippen MR) is 75.9 cm³/mol. The van der Waals surface area contributed by atoms with Crippen LogP contribution in [0.5, 0.6) is 0 Å². The molecule has 0 fully saturated rings. The largest absolute Gasteiger partial charge is 0.544 e. The van der Waals surface area contributed by atoms with E-state index in [-0.39, 0.29) is 6.54 Å². The monoisotopic (exact) mass is 269 g/mol. The molecule has 0 saturated heterocycles. The molecule has 0 aliphatic carbocycles. The van der Waals surface area contributed by atoms with Crippen molar-refractivity contribution < 1.29 is 14.8 Å². The normalized spacial score (nSPS) is 12.1. The van der Waals surface area contributed by atoms with E-state index in [0.717, 1.165) is 16.0 Å². The number of rotatable bonds is 6. The van der Waals surface area contributed by atoms with Crippen LogP contribution in [-0.4, -0.2) is 12.5 Å². The van der Waals surface area contributed by atoms with E-state index >= 15 is 0 Å². The molecule has 3 heteroatoms. The lowest BCUT2D eigenvalue weighted by Gasteiger charge is -2.20. The molecule has 1 unspecified atom stereocenters. The van der Waals surface area contributed by atoms with Crippen LogP contribution in [-0.2, 0) is 17.9 Å². The van der Waals surface area contributed by atoms with Gasteiger partial charge >= 0.3 is 0 Å². The van der Waals surface area contributed by atoms with E-state index in [4.69, 9.17) is 0 Å². The van der Waals surface area contributed by atoms with E-state index in [1.54, 1.807) is 0 Å². The molecule has 0 aromatic heterocycles. The van der Waals surface area contributed by atoms with Crippen molar-refractivity contribution in [1.82, 2.24) is 0 Å². The Balaban J connectivity index is 2.07. The lowest BCUT2D eigenvalue weighted by molar-refractivity contribution is -0.922. The quantitative estimate of drug-likeness (QED) is 0.821. The molecule has 0 spiro atoms. The first-order valence-electron chi connectivity index (χ1n) is 6.76. The van der Waals surface area contributed by atoms with Crippen molar-refractivity contribution in [2.45, 2.75) is 20.0 Å². The van der Waals surface area contributed by atoms with Crippen LogP contribution in [0, 0.1) is 6.92 Å². The van der Waals surface area contributed by atoms with Gasteiger partial charge in [-0.15, -0.1) is 0 Å². The topological polar surface area (TPSA) is 44.6 Å². The number of hydrogen-bond donors (Lipinski definition) is 1. The molecule has 2 aromatic carbocycles. The number of quaternary nitrogens is 1. The smallest absolute Gasteiger partial charge is 0.118 e. The average Bonchev–Trinajstić information content (AvgIpc) is 2.42. The fraction of sp³-hybridized carbons (Fsp3) is 0.235. The fourth-order valence-electron chi connectivity index (χ4n) is 2.27. The molecule has 104 valence electrons. The van der Waals surface area contributed by atoms with Crippen LogP contribution in [0.2, 0.25) is 0 Å². The summed E-state index contributed by atoms with van der Waals surface area (Å²) in [5.74, 6) is -1.01. The van der Waals surface area contributed by atoms with E-state index in [1.807, 2.05) is 37.3 Å². The van der Waals surface area contributed by atoms with Gasteiger partial charge in [-0.1, -0.05) is 60.2 Å². The summed E-state index contributed by atoms with van der Waals surface area (Å²) in [6.07, 6.45) is 0. The highest BCUT2D eigenvalue weighted by Crippen LogP contribution is 2.02. The van der Waals surface area contributed by atoms with Crippen molar-refractivity contribution in [3.05, 3.63) is 71.3 Å². The number of aliphatic carboxylic acids is 1. The number of carboxylic acids is 1. The van der Waals surface area contributed by atoms with Gasteiger partial charge in [-0.25, -0.2) is 0 Å². The van der Waals surface area contributed by atoms with Gasteiger partial charge in [-0.05, 0) is 6.92 Å². The van der Waals surface area contributed by atoms with Gasteiger partial charge in [-0.3, -0.25) is 0 Å². The van der Waals surface area contributed by atoms with Gasteiger partial charge in [0.1, 0.15) is 19.6 Å². The molecule has 0 aliphatic heterocycles. The molecular weight excluding hydrogens is 250 g/mol. The van der Waals surface area contributed by atoms with Crippen LogP contribution >= 0.6 is 0 Å². The van der Waals surface area contributed by atoms with E-state index in [9.17, 15) is 9.90 Å². The molecule has 2 rings (SSSR count). The molecular formula is C17H19NO2. The summed E-state index contributed by atoms with van der Waals surface area (Å²) >= 11 is 0. The first kappa shape index (κ1) is 14.3. The van der Waals surface area contributed by atoms with Crippen molar-refractivity contribution in [3.63, 3.8) is 0 Å². The Morgan fingerprint density at radius 3 is 2.05 bits per heavy atom. The van der Waals surface area contributed by atoms with E-state index in [0.29, 0.717) is 13.1 Å². The third-order valence-electron chi connectivity index (χ3n) is 3.27. The van der Waals surface area contributed by atoms with Gasteiger partial charge in [0.15, 0.2) is 0 Å². The highest BCUT2D eigenvalue weighted by Gasteiger charge is 2.11. The van der Waals surface area contributed by atoms with Gasteiger partial charge in [0.2, 0.25) is 0 Å². The number of carbonyl (C=O) groups is 1. The molecule has 1 N–H and O–H groups in total. The summed E-state index contributed by atoms with van der Waals surface area (Å²) in [7, 11) is 0. The van der Waals surface area contributed by atoms with Crippen LogP contribution < -0.4 is 10.0 Å². The third-order valence-corrected chi connectivity index (χ3v) is 3.27. The Hall–Kier alpha value is -2.13. The summed E-state index contributed by atoms with van der Waals surface area (Å²) < 4.78 is 0. The minimum absolute atomic E-state index is 0.0166. The highest BCUT2D eigenvalue weighted by atomic mass is 16.4. The van der Waals surface area contributed by atoms with Crippen molar-refractivity contribution >= 4 is 5.97 Å². The molecule has 20 heavy (non-hydrogen) atoms. The van der Waals surface area contributed by atoms with Crippen LogP contribution in [0.1, 0.15) is 16.7 Å². The second-order valence-corrected chi connectivity index (χ2v) is 5.12. The van der Waals surface area contributed by atoms with Crippen LogP contribution in [0.25, 0.3) is 0 Å². The molecule has 0 amide bonds. The summed E-state index contributed by atoms with van der Waals surface area (Å²) in [6, 6.07) is 18.1. The Morgan fingerprint density at radius 1 is 0.950 bits per heavy atom. The zero-order chi connectivity index (χ0) is 14.4. The SMILES string of the molecule is Cc1ccc(C[NH+](CC(=O)[O-])Cc2ccccc2)cc1. The van der Waals surface area contributed by atoms with Gasteiger partial charge in [0.05, 0.1) is 5.97 Å². The second-order valence-electron chi connectivity index (χ2n) is 5.12. The maximum atomic E-state index is 10.9. The van der Waals surface area contributed by atoms with Crippen molar-refractivity contribution in [1.29, 1.82) is 0 Å². The van der Waals surface area contributed by atoms with Crippen molar-refractivity contribution in [3.8, 4) is 0 Å². The Morgan fingerprint density at radius 2 is 1.50 bits per heavy atom. The second kappa shape index (κ2) is 6.87. The molecule has 1 atom stereocenters. The zero-order valence-electron chi connectivity index (χ0n) is 11.6. The Labute approximate surface area is 119 Å². The molecule has 0 bridgehead atoms. The lowest BCUT2D eigenvalue weighted by Crippen LogP contribution is -3.10. The third kappa shape index (κ3) is 4.52. The highest BCUT2D eigenvalue weighted by molar-refractivity contribution is 5.65. The van der Waals surface area contributed by atoms with Crippen LogP contribution in [0.15, 0.2) is 54.6 Å². The summed E-state index contributed by atoms with van der Waals surface area (Å²) in [5, 5.41) is 10.9. The molecule has 0 saturated carbocycles. The maximum Gasteiger partial charge on any atom is 0.118 e. The first-order valence-corrected chi connectivity index (χ1v) is 6.76. The zero-order valence-corrected chi connectivity index (χ0v) is 11.6. The summed E-state index contributed by atoms with van der Waals surface area (Å²) in [5.41, 5.74) is 3.48. The van der Waals surface area contributed by atoms with E-state index < -0.39 is 5.97 Å². The van der Waals surface area contributed by atoms with Gasteiger partial charge in [0, 0.05) is 11.1 Å². The number of carbonyl (C=O) groups excluding carboxylic acids is 1. The predicted octanol–water partition coefficient (Wildman–Crippen LogP) is 0.330. The first-order chi connectivity index (χ1) is 9.63. The number of hydrogen-bond acceptors (Lipinski definition) is 2. The number of aryl methyl sites for hydroxylation is 1. The Bertz CT molecular complexity index is 549. The van der Waals surface area contributed by atoms with Gasteiger partial charge < -0.3 is 14.8 Å². The molecule has 2 aromatic rings. The minimum Gasteiger partial charge on any atom is -0.544 e. The van der Waals surface area contributed by atoms with Gasteiger partial charge in [0.25, 0.3) is 0 Å². The van der Waals surface area contributed by atoms with Crippen molar-refractivity contribution in [2.24, 2.45) is 0 Å². The van der Waals surface area contributed by atoms with Crippen LogP contribution in [0.3, 0.4) is 0 Å². The van der Waals surface area contributed by atoms with Crippen LogP contribution in [0.4, 0.5) is 0 Å². The Kier molecular flexibility index (Phi) is 4.91. The standard InChI is InChI=1S/C17H19NO2/c1-14-7-9-16(10-8-14)12-18(13-17(19)20)11-15-5-3-2-4-6-15/h2-10H,11-13H2,1H3,(H,19,20). The van der Waals surface area contributed by atoms with E-state index in [1.165, 1.54) is 5.56 Å². The average molecular weight is 269 g/mol. The number of nitrogens with one attached hydrogen (secondary N) is 1. The summed E-state index contributed by atoms with van der Waals surface area (Å²) in [6.45, 7) is 3.42. The lowest BCUT2D eigenvalue weighted by atomic mass is 10.1. The fourth-order valence-corrected chi connectivity index (χ4v) is 2.27. The summed E-state index contributed by atoms with van der Waals surface area (Å²) in [4.78, 5) is 11.9. The number of carboxylic acid groups (broad SMARTS) is 1. The van der Waals surface area contributed by atoms with Crippen molar-refractivity contribution in [2.75, 3.05) is 6.54 Å². The maximum absolute atomic E-state index is 10.9. The number of benzene rings is 2. The molecule has 0 heterocycles. The molecule has 0 radical (unpaired) electrons. The molecule has 0 aliphatic rings. The molecule has 3 nitrogen and oxygen atoms in total. The van der Waals surface area contributed by atoms with E-state index in [2.05, 4.69) is 24.3 Å².